The molecule has 22 heavy (non-hydrogen) atoms. The summed E-state index contributed by atoms with van der Waals surface area (Å²) in [5.41, 5.74) is 4.32. The predicted molar refractivity (Wildman–Crippen MR) is 87.4 cm³/mol. The van der Waals surface area contributed by atoms with Crippen molar-refractivity contribution in [2.45, 2.75) is 39.7 Å². The van der Waals surface area contributed by atoms with Gasteiger partial charge in [0.05, 0.1) is 17.9 Å². The van der Waals surface area contributed by atoms with Crippen LogP contribution in [0.25, 0.3) is 0 Å². The second-order valence-corrected chi connectivity index (χ2v) is 6.61. The highest BCUT2D eigenvalue weighted by Gasteiger charge is 2.23. The minimum atomic E-state index is 0.00824. The molecule has 6 nitrogen and oxygen atoms in total. The smallest absolute Gasteiger partial charge is 0.266 e. The number of anilines is 1. The number of nitrogens with zero attached hydrogens (tertiary/aromatic N) is 3. The molecule has 0 aromatic carbocycles. The first kappa shape index (κ1) is 15.0. The van der Waals surface area contributed by atoms with E-state index in [1.165, 1.54) is 29.0 Å². The van der Waals surface area contributed by atoms with E-state index in [4.69, 9.17) is 0 Å². The third-order valence-electron chi connectivity index (χ3n) is 3.94. The minimum absolute atomic E-state index is 0.00824. The van der Waals surface area contributed by atoms with Gasteiger partial charge in [-0.3, -0.25) is 9.89 Å². The van der Waals surface area contributed by atoms with E-state index in [0.717, 1.165) is 35.9 Å². The summed E-state index contributed by atoms with van der Waals surface area (Å²) in [6, 6.07) is 0. The fourth-order valence-corrected chi connectivity index (χ4v) is 3.84. The van der Waals surface area contributed by atoms with Crippen LogP contribution >= 0.6 is 11.3 Å². The number of hydrogen-bond donors (Lipinski definition) is 2. The van der Waals surface area contributed by atoms with Crippen molar-refractivity contribution in [3.05, 3.63) is 27.5 Å². The van der Waals surface area contributed by atoms with Gasteiger partial charge in [-0.05, 0) is 38.7 Å². The highest BCUT2D eigenvalue weighted by molar-refractivity contribution is 7.17. The monoisotopic (exact) mass is 319 g/mol. The lowest BCUT2D eigenvalue weighted by atomic mass is 10.2. The maximum atomic E-state index is 12.6. The van der Waals surface area contributed by atoms with Crippen molar-refractivity contribution in [1.82, 2.24) is 20.1 Å². The second kappa shape index (κ2) is 6.08. The molecule has 3 rings (SSSR count). The van der Waals surface area contributed by atoms with Gasteiger partial charge in [-0.25, -0.2) is 4.98 Å². The molecule has 2 N–H and O–H groups in total. The summed E-state index contributed by atoms with van der Waals surface area (Å²) in [7, 11) is 1.82. The summed E-state index contributed by atoms with van der Waals surface area (Å²) in [5.74, 6) is 0.00824. The molecule has 0 saturated carbocycles. The first-order valence-electron chi connectivity index (χ1n) is 7.62. The van der Waals surface area contributed by atoms with Gasteiger partial charge in [-0.2, -0.15) is 5.10 Å². The van der Waals surface area contributed by atoms with Gasteiger partial charge >= 0.3 is 0 Å². The summed E-state index contributed by atoms with van der Waals surface area (Å²) >= 11 is 1.42. The Morgan fingerprint density at radius 1 is 1.45 bits per heavy atom. The number of aromatic amines is 1. The van der Waals surface area contributed by atoms with Crippen LogP contribution in [0.1, 0.15) is 45.7 Å². The van der Waals surface area contributed by atoms with E-state index < -0.39 is 0 Å². The van der Waals surface area contributed by atoms with Crippen LogP contribution in [-0.4, -0.2) is 39.6 Å². The summed E-state index contributed by atoms with van der Waals surface area (Å²) in [6.07, 6.45) is 3.31. The SMILES string of the molecule is CCNc1nc(C)c(C(=O)N(C)Cc2n[nH]c3c2CCC3)s1. The van der Waals surface area contributed by atoms with Gasteiger partial charge < -0.3 is 10.2 Å². The molecule has 0 bridgehead atoms. The third kappa shape index (κ3) is 2.72. The molecule has 0 unspecified atom stereocenters. The summed E-state index contributed by atoms with van der Waals surface area (Å²) in [5, 5.41) is 11.4. The second-order valence-electron chi connectivity index (χ2n) is 5.61. The number of H-pyrrole nitrogens is 1. The zero-order valence-corrected chi connectivity index (χ0v) is 14.0. The lowest BCUT2D eigenvalue weighted by Crippen LogP contribution is -2.26. The third-order valence-corrected chi connectivity index (χ3v) is 5.05. The number of aromatic nitrogens is 3. The van der Waals surface area contributed by atoms with Gasteiger partial charge in [0, 0.05) is 19.3 Å². The van der Waals surface area contributed by atoms with Gasteiger partial charge in [0.1, 0.15) is 4.88 Å². The average Bonchev–Trinajstić information content (AvgIpc) is 3.16. The Balaban J connectivity index is 1.74. The molecule has 0 saturated heterocycles. The van der Waals surface area contributed by atoms with Crippen LogP contribution < -0.4 is 5.32 Å². The largest absolute Gasteiger partial charge is 0.362 e. The molecule has 1 aliphatic rings. The van der Waals surface area contributed by atoms with Gasteiger partial charge in [0.25, 0.3) is 5.91 Å². The molecule has 2 aromatic rings. The molecule has 118 valence electrons. The lowest BCUT2D eigenvalue weighted by Gasteiger charge is -2.15. The van der Waals surface area contributed by atoms with Crippen molar-refractivity contribution >= 4 is 22.4 Å². The first-order chi connectivity index (χ1) is 10.6. The molecular weight excluding hydrogens is 298 g/mol. The number of aryl methyl sites for hydroxylation is 2. The van der Waals surface area contributed by atoms with Gasteiger partial charge in [-0.1, -0.05) is 11.3 Å². The number of rotatable bonds is 5. The highest BCUT2D eigenvalue weighted by atomic mass is 32.1. The van der Waals surface area contributed by atoms with Crippen molar-refractivity contribution in [1.29, 1.82) is 0 Å². The molecule has 2 aromatic heterocycles. The zero-order chi connectivity index (χ0) is 15.7. The van der Waals surface area contributed by atoms with Crippen molar-refractivity contribution in [3.8, 4) is 0 Å². The van der Waals surface area contributed by atoms with E-state index in [0.29, 0.717) is 11.4 Å². The van der Waals surface area contributed by atoms with Gasteiger partial charge in [-0.15, -0.1) is 0 Å². The Kier molecular flexibility index (Phi) is 4.15. The van der Waals surface area contributed by atoms with E-state index in [1.54, 1.807) is 4.90 Å². The minimum Gasteiger partial charge on any atom is -0.362 e. The quantitative estimate of drug-likeness (QED) is 0.887. The van der Waals surface area contributed by atoms with Crippen LogP contribution in [0.3, 0.4) is 0 Å². The molecule has 0 fully saturated rings. The summed E-state index contributed by atoms with van der Waals surface area (Å²) in [6.45, 7) is 5.24. The predicted octanol–water partition coefficient (Wildman–Crippen LogP) is 2.37. The average molecular weight is 319 g/mol. The van der Waals surface area contributed by atoms with Crippen LogP contribution in [0.15, 0.2) is 0 Å². The van der Waals surface area contributed by atoms with Crippen molar-refractivity contribution in [2.24, 2.45) is 0 Å². The van der Waals surface area contributed by atoms with Crippen LogP contribution in [0.2, 0.25) is 0 Å². The molecule has 7 heteroatoms. The van der Waals surface area contributed by atoms with Crippen LogP contribution in [-0.2, 0) is 19.4 Å². The van der Waals surface area contributed by atoms with E-state index in [-0.39, 0.29) is 5.91 Å². The summed E-state index contributed by atoms with van der Waals surface area (Å²) in [4.78, 5) is 19.5. The Labute approximate surface area is 133 Å². The number of fused-ring (bicyclic) bond motifs is 1. The number of nitrogens with one attached hydrogen (secondary N) is 2. The van der Waals surface area contributed by atoms with Crippen molar-refractivity contribution in [2.75, 3.05) is 18.9 Å². The van der Waals surface area contributed by atoms with Crippen molar-refractivity contribution in [3.63, 3.8) is 0 Å². The van der Waals surface area contributed by atoms with Gasteiger partial charge in [0.2, 0.25) is 0 Å². The maximum Gasteiger partial charge on any atom is 0.266 e. The molecule has 2 heterocycles. The lowest BCUT2D eigenvalue weighted by molar-refractivity contribution is 0.0787. The van der Waals surface area contributed by atoms with E-state index in [2.05, 4.69) is 20.5 Å². The molecular formula is C15H21N5OS. The van der Waals surface area contributed by atoms with Gasteiger partial charge in [0.15, 0.2) is 5.13 Å². The molecule has 0 aliphatic heterocycles. The first-order valence-corrected chi connectivity index (χ1v) is 8.43. The normalized spacial score (nSPS) is 13.2. The molecule has 0 radical (unpaired) electrons. The molecule has 1 amide bonds. The summed E-state index contributed by atoms with van der Waals surface area (Å²) < 4.78 is 0. The Hall–Kier alpha value is -1.89. The molecule has 0 spiro atoms. The Morgan fingerprint density at radius 2 is 2.27 bits per heavy atom. The number of carbonyl (C=O) groups is 1. The Bertz CT molecular complexity index is 690. The van der Waals surface area contributed by atoms with E-state index in [9.17, 15) is 4.79 Å². The molecule has 1 aliphatic carbocycles. The highest BCUT2D eigenvalue weighted by Crippen LogP contribution is 2.26. The van der Waals surface area contributed by atoms with Crippen molar-refractivity contribution < 1.29 is 4.79 Å². The number of hydrogen-bond acceptors (Lipinski definition) is 5. The fraction of sp³-hybridized carbons (Fsp3) is 0.533. The topological polar surface area (TPSA) is 73.9 Å². The number of carbonyl (C=O) groups excluding carboxylic acids is 1. The number of thiazole rings is 1. The Morgan fingerprint density at radius 3 is 3.05 bits per heavy atom. The van der Waals surface area contributed by atoms with E-state index in [1.807, 2.05) is 20.9 Å². The molecule has 0 atom stereocenters. The standard InChI is InChI=1S/C15H21N5OS/c1-4-16-15-17-9(2)13(22-15)14(21)20(3)8-12-10-6-5-7-11(10)18-19-12/h4-8H2,1-3H3,(H,16,17)(H,18,19). The van der Waals surface area contributed by atoms with Crippen LogP contribution in [0.4, 0.5) is 5.13 Å². The fourth-order valence-electron chi connectivity index (χ4n) is 2.81. The van der Waals surface area contributed by atoms with E-state index >= 15 is 0 Å². The van der Waals surface area contributed by atoms with Crippen LogP contribution in [0.5, 0.6) is 0 Å². The zero-order valence-electron chi connectivity index (χ0n) is 13.2. The number of amides is 1. The van der Waals surface area contributed by atoms with Crippen LogP contribution in [0, 0.1) is 6.92 Å². The maximum absolute atomic E-state index is 12.6.